The summed E-state index contributed by atoms with van der Waals surface area (Å²) in [4.78, 5) is 0. The maximum Gasteiger partial charge on any atom is 0.175 e. The molecule has 19 heavy (non-hydrogen) atoms. The zero-order valence-electron chi connectivity index (χ0n) is 11.2. The second kappa shape index (κ2) is 6.29. The molecule has 2 N–H and O–H groups in total. The summed E-state index contributed by atoms with van der Waals surface area (Å²) in [6.07, 6.45) is 3.49. The summed E-state index contributed by atoms with van der Waals surface area (Å²) in [5, 5.41) is 24.7. The highest BCUT2D eigenvalue weighted by molar-refractivity contribution is 5.37. The van der Waals surface area contributed by atoms with Crippen molar-refractivity contribution >= 4 is 5.82 Å². The molecule has 0 radical (unpaired) electrons. The summed E-state index contributed by atoms with van der Waals surface area (Å²) >= 11 is 0. The van der Waals surface area contributed by atoms with Gasteiger partial charge in [0.2, 0.25) is 0 Å². The third-order valence-corrected chi connectivity index (χ3v) is 2.93. The van der Waals surface area contributed by atoms with Crippen molar-refractivity contribution in [1.29, 1.82) is 0 Å². The molecule has 6 nitrogen and oxygen atoms in total. The summed E-state index contributed by atoms with van der Waals surface area (Å²) in [7, 11) is 0. The molecule has 102 valence electrons. The highest BCUT2D eigenvalue weighted by atomic mass is 16.3. The first-order valence-corrected chi connectivity index (χ1v) is 6.46. The minimum absolute atomic E-state index is 0.170. The van der Waals surface area contributed by atoms with E-state index in [0.29, 0.717) is 18.1 Å². The first kappa shape index (κ1) is 13.5. The fourth-order valence-electron chi connectivity index (χ4n) is 1.81. The van der Waals surface area contributed by atoms with Crippen LogP contribution in [0.15, 0.2) is 24.4 Å². The number of nitrogens with one attached hydrogen (secondary N) is 1. The Balaban J connectivity index is 2.06. The molecule has 0 amide bonds. The molecule has 0 aliphatic heterocycles. The molecule has 0 aliphatic rings. The van der Waals surface area contributed by atoms with E-state index in [0.717, 1.165) is 12.1 Å². The predicted molar refractivity (Wildman–Crippen MR) is 73.3 cm³/mol. The predicted octanol–water partition coefficient (Wildman–Crippen LogP) is 1.54. The number of hydrogen-bond acceptors (Lipinski definition) is 5. The second-order valence-electron chi connectivity index (χ2n) is 4.44. The van der Waals surface area contributed by atoms with Gasteiger partial charge in [-0.1, -0.05) is 6.92 Å². The van der Waals surface area contributed by atoms with E-state index >= 15 is 0 Å². The van der Waals surface area contributed by atoms with Crippen molar-refractivity contribution in [2.45, 2.75) is 32.7 Å². The van der Waals surface area contributed by atoms with E-state index in [9.17, 15) is 0 Å². The highest BCUT2D eigenvalue weighted by Crippen LogP contribution is 2.10. The second-order valence-corrected chi connectivity index (χ2v) is 4.44. The summed E-state index contributed by atoms with van der Waals surface area (Å²) in [6, 6.07) is 5.88. The molecule has 0 aromatic carbocycles. The van der Waals surface area contributed by atoms with Crippen LogP contribution in [0.4, 0.5) is 5.82 Å². The third-order valence-electron chi connectivity index (χ3n) is 2.93. The van der Waals surface area contributed by atoms with E-state index in [1.54, 1.807) is 4.68 Å². The lowest BCUT2D eigenvalue weighted by Gasteiger charge is -2.15. The molecule has 6 heteroatoms. The lowest BCUT2D eigenvalue weighted by Crippen LogP contribution is -2.20. The maximum atomic E-state index is 8.95. The van der Waals surface area contributed by atoms with Crippen LogP contribution in [0, 0.1) is 6.92 Å². The van der Waals surface area contributed by atoms with Crippen LogP contribution in [0.3, 0.4) is 0 Å². The number of aliphatic hydroxyl groups excluding tert-OH is 1. The number of aliphatic hydroxyl groups is 1. The Morgan fingerprint density at radius 3 is 2.68 bits per heavy atom. The highest BCUT2D eigenvalue weighted by Gasteiger charge is 2.07. The van der Waals surface area contributed by atoms with Gasteiger partial charge in [0.25, 0.3) is 0 Å². The molecular weight excluding hydrogens is 242 g/mol. The normalized spacial score (nSPS) is 12.4. The minimum atomic E-state index is 0.170. The van der Waals surface area contributed by atoms with Gasteiger partial charge in [-0.2, -0.15) is 5.10 Å². The molecule has 0 aliphatic carbocycles. The SMILES string of the molecule is CCC(CCO)Nc1ccc(-n2ccc(C)n2)nn1. The van der Waals surface area contributed by atoms with Crippen LogP contribution in [0.25, 0.3) is 5.82 Å². The van der Waals surface area contributed by atoms with Crippen LogP contribution in [0.2, 0.25) is 0 Å². The van der Waals surface area contributed by atoms with Crippen molar-refractivity contribution in [3.63, 3.8) is 0 Å². The van der Waals surface area contributed by atoms with Crippen LogP contribution in [-0.4, -0.2) is 37.7 Å². The van der Waals surface area contributed by atoms with E-state index < -0.39 is 0 Å². The van der Waals surface area contributed by atoms with E-state index in [1.165, 1.54) is 0 Å². The van der Waals surface area contributed by atoms with E-state index in [2.05, 4.69) is 27.5 Å². The van der Waals surface area contributed by atoms with Crippen LogP contribution >= 0.6 is 0 Å². The van der Waals surface area contributed by atoms with Crippen LogP contribution in [0.1, 0.15) is 25.5 Å². The van der Waals surface area contributed by atoms with Gasteiger partial charge in [-0.3, -0.25) is 0 Å². The first-order valence-electron chi connectivity index (χ1n) is 6.46. The lowest BCUT2D eigenvalue weighted by molar-refractivity contribution is 0.278. The Hall–Kier alpha value is -1.95. The summed E-state index contributed by atoms with van der Waals surface area (Å²) < 4.78 is 1.69. The Kier molecular flexibility index (Phi) is 4.46. The summed E-state index contributed by atoms with van der Waals surface area (Å²) in [5.74, 6) is 1.40. The Morgan fingerprint density at radius 2 is 2.16 bits per heavy atom. The molecule has 1 unspecified atom stereocenters. The Labute approximate surface area is 112 Å². The largest absolute Gasteiger partial charge is 0.396 e. The van der Waals surface area contributed by atoms with Gasteiger partial charge in [0.1, 0.15) is 5.82 Å². The lowest BCUT2D eigenvalue weighted by atomic mass is 10.1. The van der Waals surface area contributed by atoms with E-state index in [4.69, 9.17) is 5.11 Å². The minimum Gasteiger partial charge on any atom is -0.396 e. The Morgan fingerprint density at radius 1 is 1.32 bits per heavy atom. The van der Waals surface area contributed by atoms with Crippen molar-refractivity contribution in [3.8, 4) is 5.82 Å². The average molecular weight is 261 g/mol. The number of anilines is 1. The van der Waals surface area contributed by atoms with Gasteiger partial charge in [0.05, 0.1) is 5.69 Å². The van der Waals surface area contributed by atoms with Gasteiger partial charge in [-0.05, 0) is 38.0 Å². The first-order chi connectivity index (χ1) is 9.22. The third kappa shape index (κ3) is 3.51. The van der Waals surface area contributed by atoms with Crippen LogP contribution < -0.4 is 5.32 Å². The number of aryl methyl sites for hydroxylation is 1. The molecule has 2 aromatic rings. The number of hydrogen-bond donors (Lipinski definition) is 2. The maximum absolute atomic E-state index is 8.95. The van der Waals surface area contributed by atoms with Crippen molar-refractivity contribution in [2.24, 2.45) is 0 Å². The fourth-order valence-corrected chi connectivity index (χ4v) is 1.81. The summed E-state index contributed by atoms with van der Waals surface area (Å²) in [6.45, 7) is 4.17. The van der Waals surface area contributed by atoms with E-state index in [-0.39, 0.29) is 12.6 Å². The smallest absolute Gasteiger partial charge is 0.175 e. The van der Waals surface area contributed by atoms with Crippen molar-refractivity contribution in [2.75, 3.05) is 11.9 Å². The molecule has 2 rings (SSSR count). The van der Waals surface area contributed by atoms with Gasteiger partial charge in [-0.25, -0.2) is 4.68 Å². The van der Waals surface area contributed by atoms with Gasteiger partial charge >= 0.3 is 0 Å². The zero-order chi connectivity index (χ0) is 13.7. The van der Waals surface area contributed by atoms with Gasteiger partial charge in [0, 0.05) is 18.8 Å². The zero-order valence-corrected chi connectivity index (χ0v) is 11.2. The number of nitrogens with zero attached hydrogens (tertiary/aromatic N) is 4. The number of rotatable bonds is 6. The van der Waals surface area contributed by atoms with Crippen molar-refractivity contribution in [3.05, 3.63) is 30.1 Å². The van der Waals surface area contributed by atoms with Gasteiger partial charge in [0.15, 0.2) is 5.82 Å². The van der Waals surface area contributed by atoms with Crippen molar-refractivity contribution in [1.82, 2.24) is 20.0 Å². The number of aromatic nitrogens is 4. The van der Waals surface area contributed by atoms with E-state index in [1.807, 2.05) is 31.3 Å². The average Bonchev–Trinajstić information content (AvgIpc) is 2.86. The fraction of sp³-hybridized carbons (Fsp3) is 0.462. The molecule has 0 spiro atoms. The molecular formula is C13H19N5O. The topological polar surface area (TPSA) is 75.9 Å². The van der Waals surface area contributed by atoms with Crippen LogP contribution in [0.5, 0.6) is 0 Å². The molecule has 2 heterocycles. The van der Waals surface area contributed by atoms with Crippen molar-refractivity contribution < 1.29 is 5.11 Å². The van der Waals surface area contributed by atoms with Crippen LogP contribution in [-0.2, 0) is 0 Å². The Bertz CT molecular complexity index is 508. The molecule has 0 fully saturated rings. The van der Waals surface area contributed by atoms with Gasteiger partial charge in [-0.15, -0.1) is 10.2 Å². The summed E-state index contributed by atoms with van der Waals surface area (Å²) in [5.41, 5.74) is 0.943. The molecule has 0 saturated heterocycles. The standard InChI is InChI=1S/C13H19N5O/c1-3-11(7-9-19)14-12-4-5-13(16-15-12)18-8-6-10(2)17-18/h4-6,8,11,19H,3,7,9H2,1-2H3,(H,14,15). The monoisotopic (exact) mass is 261 g/mol. The molecule has 0 bridgehead atoms. The van der Waals surface area contributed by atoms with Gasteiger partial charge < -0.3 is 10.4 Å². The molecule has 2 aromatic heterocycles. The molecule has 0 saturated carbocycles. The molecule has 1 atom stereocenters. The quantitative estimate of drug-likeness (QED) is 0.825.